The molecule has 82 valence electrons. The number of ketones is 1. The molecule has 2 heterocycles. The Balaban J connectivity index is 2.20. The number of hydrogen-bond donors (Lipinski definition) is 0. The Morgan fingerprint density at radius 2 is 2.27 bits per heavy atom. The summed E-state index contributed by atoms with van der Waals surface area (Å²) in [5.74, 6) is 0.165. The Hall–Kier alpha value is -1.16. The molecule has 1 saturated heterocycles. The van der Waals surface area contributed by atoms with E-state index in [-0.39, 0.29) is 17.2 Å². The molecule has 1 aliphatic rings. The fourth-order valence-corrected chi connectivity index (χ4v) is 1.61. The minimum absolute atomic E-state index is 0.0214. The van der Waals surface area contributed by atoms with Gasteiger partial charge in [-0.25, -0.2) is 0 Å². The Kier molecular flexibility index (Phi) is 2.38. The summed E-state index contributed by atoms with van der Waals surface area (Å²) in [7, 11) is 0. The molecular formula is C11H16N2O2. The van der Waals surface area contributed by atoms with Crippen molar-refractivity contribution in [2.45, 2.75) is 26.3 Å². The lowest BCUT2D eigenvalue weighted by Gasteiger charge is -2.38. The summed E-state index contributed by atoms with van der Waals surface area (Å²) in [6.45, 7) is 7.21. The highest BCUT2D eigenvalue weighted by Crippen LogP contribution is 2.25. The smallest absolute Gasteiger partial charge is 0.168 e. The van der Waals surface area contributed by atoms with Crippen LogP contribution in [0.2, 0.25) is 0 Å². The first-order chi connectivity index (χ1) is 7.03. The van der Waals surface area contributed by atoms with Crippen molar-refractivity contribution < 1.29 is 9.53 Å². The molecule has 0 N–H and O–H groups in total. The van der Waals surface area contributed by atoms with E-state index < -0.39 is 0 Å². The average molecular weight is 208 g/mol. The summed E-state index contributed by atoms with van der Waals surface area (Å²) in [6, 6.07) is 0. The van der Waals surface area contributed by atoms with Gasteiger partial charge in [-0.2, -0.15) is 5.10 Å². The van der Waals surface area contributed by atoms with Gasteiger partial charge in [-0.3, -0.25) is 9.48 Å². The zero-order valence-corrected chi connectivity index (χ0v) is 9.36. The van der Waals surface area contributed by atoms with Crippen molar-refractivity contribution in [3.8, 4) is 0 Å². The van der Waals surface area contributed by atoms with E-state index in [1.807, 2.05) is 24.7 Å². The van der Waals surface area contributed by atoms with Gasteiger partial charge in [0, 0.05) is 12.1 Å². The van der Waals surface area contributed by atoms with E-state index in [2.05, 4.69) is 12.0 Å². The van der Waals surface area contributed by atoms with Gasteiger partial charge in [0.1, 0.15) is 5.54 Å². The van der Waals surface area contributed by atoms with E-state index >= 15 is 0 Å². The monoisotopic (exact) mass is 208 g/mol. The predicted octanol–water partition coefficient (Wildman–Crippen LogP) is 1.47. The summed E-state index contributed by atoms with van der Waals surface area (Å²) in [5.41, 5.74) is 0.633. The topological polar surface area (TPSA) is 44.1 Å². The van der Waals surface area contributed by atoms with Gasteiger partial charge in [0.25, 0.3) is 0 Å². The lowest BCUT2D eigenvalue weighted by Crippen LogP contribution is -2.49. The largest absolute Gasteiger partial charge is 0.376 e. The normalized spacial score (nSPS) is 18.9. The molecule has 4 heteroatoms. The molecule has 2 rings (SSSR count). The van der Waals surface area contributed by atoms with Crippen LogP contribution < -0.4 is 0 Å². The van der Waals surface area contributed by atoms with Crippen molar-refractivity contribution in [1.82, 2.24) is 9.78 Å². The number of hydrogen-bond acceptors (Lipinski definition) is 3. The lowest BCUT2D eigenvalue weighted by molar-refractivity contribution is -0.0958. The number of Topliss-reactive ketones (excluding diaryl/α,β-unsaturated/α-hetero) is 1. The van der Waals surface area contributed by atoms with Gasteiger partial charge in [-0.1, -0.05) is 13.8 Å². The standard InChI is InChI=1S/C11H16N2O2/c1-8(2)10(14)9-4-12-13(5-9)11(3)6-15-7-11/h4-5,8H,6-7H2,1-3H3. The maximum atomic E-state index is 11.7. The SMILES string of the molecule is CC(C)C(=O)c1cnn(C2(C)COC2)c1. The highest BCUT2D eigenvalue weighted by Gasteiger charge is 2.36. The van der Waals surface area contributed by atoms with Crippen molar-refractivity contribution in [2.24, 2.45) is 5.92 Å². The zero-order chi connectivity index (χ0) is 11.1. The summed E-state index contributed by atoms with van der Waals surface area (Å²) in [6.07, 6.45) is 3.47. The minimum atomic E-state index is -0.0600. The summed E-state index contributed by atoms with van der Waals surface area (Å²) in [4.78, 5) is 11.7. The molecule has 0 spiro atoms. The van der Waals surface area contributed by atoms with Crippen LogP contribution >= 0.6 is 0 Å². The summed E-state index contributed by atoms with van der Waals surface area (Å²) >= 11 is 0. The van der Waals surface area contributed by atoms with Gasteiger partial charge >= 0.3 is 0 Å². The van der Waals surface area contributed by atoms with E-state index in [1.54, 1.807) is 6.20 Å². The second-order valence-corrected chi connectivity index (χ2v) is 4.68. The molecule has 0 amide bonds. The van der Waals surface area contributed by atoms with Gasteiger partial charge in [-0.05, 0) is 6.92 Å². The molecule has 0 aliphatic carbocycles. The minimum Gasteiger partial charge on any atom is -0.376 e. The Bertz CT molecular complexity index is 378. The van der Waals surface area contributed by atoms with E-state index in [0.29, 0.717) is 18.8 Å². The van der Waals surface area contributed by atoms with E-state index in [9.17, 15) is 4.79 Å². The van der Waals surface area contributed by atoms with Crippen LogP contribution in [0.15, 0.2) is 12.4 Å². The van der Waals surface area contributed by atoms with Crippen LogP contribution in [0.1, 0.15) is 31.1 Å². The van der Waals surface area contributed by atoms with E-state index in [4.69, 9.17) is 4.74 Å². The number of nitrogens with zero attached hydrogens (tertiary/aromatic N) is 2. The molecule has 1 aromatic heterocycles. The van der Waals surface area contributed by atoms with Gasteiger partial charge < -0.3 is 4.74 Å². The van der Waals surface area contributed by atoms with E-state index in [1.165, 1.54) is 0 Å². The van der Waals surface area contributed by atoms with Crippen molar-refractivity contribution in [1.29, 1.82) is 0 Å². The zero-order valence-electron chi connectivity index (χ0n) is 9.36. The average Bonchev–Trinajstić information content (AvgIpc) is 2.61. The fraction of sp³-hybridized carbons (Fsp3) is 0.636. The summed E-state index contributed by atoms with van der Waals surface area (Å²) < 4.78 is 7.00. The number of ether oxygens (including phenoxy) is 1. The molecule has 1 aliphatic heterocycles. The van der Waals surface area contributed by atoms with Crippen LogP contribution in [0, 0.1) is 5.92 Å². The third-order valence-electron chi connectivity index (χ3n) is 2.77. The van der Waals surface area contributed by atoms with Gasteiger partial charge in [0.05, 0.1) is 25.0 Å². The third kappa shape index (κ3) is 1.69. The molecule has 15 heavy (non-hydrogen) atoms. The Labute approximate surface area is 89.2 Å². The first-order valence-electron chi connectivity index (χ1n) is 5.20. The molecule has 0 saturated carbocycles. The van der Waals surface area contributed by atoms with Crippen LogP contribution in [-0.2, 0) is 10.3 Å². The van der Waals surface area contributed by atoms with Crippen molar-refractivity contribution in [3.05, 3.63) is 18.0 Å². The fourth-order valence-electron chi connectivity index (χ4n) is 1.61. The first kappa shape index (κ1) is 10.4. The quantitative estimate of drug-likeness (QED) is 0.706. The second kappa shape index (κ2) is 3.45. The number of aromatic nitrogens is 2. The van der Waals surface area contributed by atoms with Gasteiger partial charge in [0.2, 0.25) is 0 Å². The molecule has 0 unspecified atom stereocenters. The molecule has 0 radical (unpaired) electrons. The van der Waals surface area contributed by atoms with Gasteiger partial charge in [0.15, 0.2) is 5.78 Å². The van der Waals surface area contributed by atoms with Crippen LogP contribution in [0.25, 0.3) is 0 Å². The Morgan fingerprint density at radius 3 is 2.73 bits per heavy atom. The molecule has 0 aromatic carbocycles. The van der Waals surface area contributed by atoms with Crippen molar-refractivity contribution in [3.63, 3.8) is 0 Å². The second-order valence-electron chi connectivity index (χ2n) is 4.68. The molecule has 0 bridgehead atoms. The lowest BCUT2D eigenvalue weighted by atomic mass is 10.0. The van der Waals surface area contributed by atoms with Crippen LogP contribution in [-0.4, -0.2) is 28.8 Å². The number of rotatable bonds is 3. The third-order valence-corrected chi connectivity index (χ3v) is 2.77. The number of carbonyl (C=O) groups is 1. The van der Waals surface area contributed by atoms with Gasteiger partial charge in [-0.15, -0.1) is 0 Å². The molecule has 4 nitrogen and oxygen atoms in total. The number of carbonyl (C=O) groups excluding carboxylic acids is 1. The molecule has 0 atom stereocenters. The van der Waals surface area contributed by atoms with Crippen LogP contribution in [0.3, 0.4) is 0 Å². The molecule has 1 aromatic rings. The maximum absolute atomic E-state index is 11.7. The van der Waals surface area contributed by atoms with Crippen molar-refractivity contribution >= 4 is 5.78 Å². The highest BCUT2D eigenvalue weighted by atomic mass is 16.5. The maximum Gasteiger partial charge on any atom is 0.168 e. The first-order valence-corrected chi connectivity index (χ1v) is 5.20. The Morgan fingerprint density at radius 1 is 1.60 bits per heavy atom. The van der Waals surface area contributed by atoms with Crippen LogP contribution in [0.4, 0.5) is 0 Å². The molecule has 1 fully saturated rings. The van der Waals surface area contributed by atoms with E-state index in [0.717, 1.165) is 0 Å². The highest BCUT2D eigenvalue weighted by molar-refractivity contribution is 5.96. The van der Waals surface area contributed by atoms with Crippen molar-refractivity contribution in [2.75, 3.05) is 13.2 Å². The summed E-state index contributed by atoms with van der Waals surface area (Å²) in [5, 5.41) is 4.23. The van der Waals surface area contributed by atoms with Crippen LogP contribution in [0.5, 0.6) is 0 Å². The molecular weight excluding hydrogens is 192 g/mol. The predicted molar refractivity (Wildman–Crippen MR) is 55.9 cm³/mol.